The summed E-state index contributed by atoms with van der Waals surface area (Å²) in [6, 6.07) is 21.8. The molecular weight excluding hydrogens is 438 g/mol. The molecule has 6 nitrogen and oxygen atoms in total. The number of carbonyl (C=O) groups is 2. The number of nitrogens with one attached hydrogen (secondary N) is 2. The van der Waals surface area contributed by atoms with Gasteiger partial charge in [-0.05, 0) is 67.9 Å². The number of carbonyl (C=O) groups excluding carboxylic acids is 2. The van der Waals surface area contributed by atoms with Gasteiger partial charge in [0.05, 0.1) is 19.3 Å². The summed E-state index contributed by atoms with van der Waals surface area (Å²) in [6.45, 7) is 4.95. The molecule has 0 unspecified atom stereocenters. The molecule has 2 amide bonds. The summed E-state index contributed by atoms with van der Waals surface area (Å²) in [5.41, 5.74) is 2.74. The number of benzene rings is 3. The zero-order valence-corrected chi connectivity index (χ0v) is 19.7. The van der Waals surface area contributed by atoms with Crippen molar-refractivity contribution in [3.05, 3.63) is 88.9 Å². The van der Waals surface area contributed by atoms with E-state index in [-0.39, 0.29) is 24.4 Å². The van der Waals surface area contributed by atoms with Gasteiger partial charge in [0.15, 0.2) is 0 Å². The van der Waals surface area contributed by atoms with Crippen LogP contribution in [0.4, 0.5) is 11.4 Å². The molecule has 3 rings (SSSR count). The summed E-state index contributed by atoms with van der Waals surface area (Å²) in [5.74, 6) is 0.198. The molecule has 0 atom stereocenters. The van der Waals surface area contributed by atoms with Crippen molar-refractivity contribution in [3.63, 3.8) is 0 Å². The van der Waals surface area contributed by atoms with Crippen LogP contribution in [-0.4, -0.2) is 36.4 Å². The lowest BCUT2D eigenvalue weighted by Gasteiger charge is -2.26. The fourth-order valence-electron chi connectivity index (χ4n) is 3.32. The van der Waals surface area contributed by atoms with E-state index in [2.05, 4.69) is 15.5 Å². The molecule has 0 bridgehead atoms. The van der Waals surface area contributed by atoms with Crippen molar-refractivity contribution in [3.8, 4) is 5.75 Å². The largest absolute Gasteiger partial charge is 0.495 e. The standard InChI is InChI=1S/C26H28ClN3O3/c1-18(2)30(16-19-7-6-8-21(27)15-19)17-25(31)28-22-13-11-20(12-14-22)26(32)29-23-9-4-5-10-24(23)33-3/h4-15,18H,16-17H2,1-3H3,(H,28,31)(H,29,32). The SMILES string of the molecule is COc1ccccc1NC(=O)c1ccc(NC(=O)CN(Cc2cccc(Cl)c2)C(C)C)cc1. The average molecular weight is 466 g/mol. The van der Waals surface area contributed by atoms with Crippen molar-refractivity contribution in [2.45, 2.75) is 26.4 Å². The van der Waals surface area contributed by atoms with E-state index in [1.54, 1.807) is 43.5 Å². The highest BCUT2D eigenvalue weighted by atomic mass is 35.5. The van der Waals surface area contributed by atoms with Crippen molar-refractivity contribution in [2.24, 2.45) is 0 Å². The lowest BCUT2D eigenvalue weighted by molar-refractivity contribution is -0.117. The fraction of sp³-hybridized carbons (Fsp3) is 0.231. The van der Waals surface area contributed by atoms with Gasteiger partial charge in [-0.2, -0.15) is 0 Å². The van der Waals surface area contributed by atoms with Gasteiger partial charge in [0, 0.05) is 28.9 Å². The highest BCUT2D eigenvalue weighted by molar-refractivity contribution is 6.30. The maximum Gasteiger partial charge on any atom is 0.255 e. The van der Waals surface area contributed by atoms with Gasteiger partial charge in [-0.15, -0.1) is 0 Å². The van der Waals surface area contributed by atoms with Crippen molar-refractivity contribution < 1.29 is 14.3 Å². The Morgan fingerprint density at radius 1 is 0.970 bits per heavy atom. The second kappa shape index (κ2) is 11.5. The highest BCUT2D eigenvalue weighted by Gasteiger charge is 2.15. The summed E-state index contributed by atoms with van der Waals surface area (Å²) in [5, 5.41) is 6.41. The van der Waals surface area contributed by atoms with Crippen molar-refractivity contribution >= 4 is 34.8 Å². The first kappa shape index (κ1) is 24.3. The first-order valence-electron chi connectivity index (χ1n) is 10.7. The number of para-hydroxylation sites is 2. The van der Waals surface area contributed by atoms with Gasteiger partial charge in [0.25, 0.3) is 5.91 Å². The van der Waals surface area contributed by atoms with E-state index in [1.165, 1.54) is 0 Å². The van der Waals surface area contributed by atoms with E-state index < -0.39 is 0 Å². The molecule has 0 aliphatic carbocycles. The Labute approximate surface area is 199 Å². The molecule has 3 aromatic carbocycles. The number of ether oxygens (including phenoxy) is 1. The molecule has 0 saturated heterocycles. The Morgan fingerprint density at radius 2 is 1.70 bits per heavy atom. The molecule has 0 spiro atoms. The molecule has 0 radical (unpaired) electrons. The maximum absolute atomic E-state index is 12.6. The second-order valence-corrected chi connectivity index (χ2v) is 8.35. The van der Waals surface area contributed by atoms with Crippen LogP contribution in [0.15, 0.2) is 72.8 Å². The Hall–Kier alpha value is -3.35. The van der Waals surface area contributed by atoms with Crippen LogP contribution in [0.2, 0.25) is 5.02 Å². The van der Waals surface area contributed by atoms with Gasteiger partial charge in [-0.1, -0.05) is 35.9 Å². The number of methoxy groups -OCH3 is 1. The van der Waals surface area contributed by atoms with Crippen molar-refractivity contribution in [1.29, 1.82) is 0 Å². The molecule has 0 saturated carbocycles. The van der Waals surface area contributed by atoms with Gasteiger partial charge in [-0.25, -0.2) is 0 Å². The predicted octanol–water partition coefficient (Wildman–Crippen LogP) is 5.45. The summed E-state index contributed by atoms with van der Waals surface area (Å²) < 4.78 is 5.26. The minimum absolute atomic E-state index is 0.128. The molecule has 33 heavy (non-hydrogen) atoms. The van der Waals surface area contributed by atoms with E-state index in [4.69, 9.17) is 16.3 Å². The first-order chi connectivity index (χ1) is 15.9. The molecule has 3 aromatic rings. The minimum Gasteiger partial charge on any atom is -0.495 e. The molecule has 0 aliphatic heterocycles. The first-order valence-corrected chi connectivity index (χ1v) is 11.1. The quantitative estimate of drug-likeness (QED) is 0.441. The van der Waals surface area contributed by atoms with Crippen LogP contribution >= 0.6 is 11.6 Å². The Kier molecular flexibility index (Phi) is 8.46. The zero-order chi connectivity index (χ0) is 23.8. The lowest BCUT2D eigenvalue weighted by atomic mass is 10.1. The third kappa shape index (κ3) is 7.07. The van der Waals surface area contributed by atoms with Crippen molar-refractivity contribution in [2.75, 3.05) is 24.3 Å². The third-order valence-corrected chi connectivity index (χ3v) is 5.37. The van der Waals surface area contributed by atoms with Gasteiger partial charge >= 0.3 is 0 Å². The number of halogens is 1. The molecule has 0 aliphatic rings. The van der Waals surface area contributed by atoms with Gasteiger partial charge in [-0.3, -0.25) is 14.5 Å². The molecule has 0 heterocycles. The van der Waals surface area contributed by atoms with Gasteiger partial charge in [0.2, 0.25) is 5.91 Å². The lowest BCUT2D eigenvalue weighted by Crippen LogP contribution is -2.37. The Morgan fingerprint density at radius 3 is 2.36 bits per heavy atom. The number of hydrogen-bond acceptors (Lipinski definition) is 4. The number of nitrogens with zero attached hydrogens (tertiary/aromatic N) is 1. The summed E-state index contributed by atoms with van der Waals surface area (Å²) in [6.07, 6.45) is 0. The summed E-state index contributed by atoms with van der Waals surface area (Å²) in [4.78, 5) is 27.3. The van der Waals surface area contributed by atoms with E-state index in [9.17, 15) is 9.59 Å². The molecule has 0 aromatic heterocycles. The minimum atomic E-state index is -0.259. The van der Waals surface area contributed by atoms with Crippen LogP contribution in [0.25, 0.3) is 0 Å². The van der Waals surface area contributed by atoms with E-state index >= 15 is 0 Å². The van der Waals surface area contributed by atoms with Crippen LogP contribution in [0.3, 0.4) is 0 Å². The van der Waals surface area contributed by atoms with Crippen LogP contribution in [0.1, 0.15) is 29.8 Å². The topological polar surface area (TPSA) is 70.7 Å². The normalized spacial score (nSPS) is 10.8. The zero-order valence-electron chi connectivity index (χ0n) is 19.0. The molecular formula is C26H28ClN3O3. The second-order valence-electron chi connectivity index (χ2n) is 7.91. The smallest absolute Gasteiger partial charge is 0.255 e. The highest BCUT2D eigenvalue weighted by Crippen LogP contribution is 2.24. The van der Waals surface area contributed by atoms with Crippen LogP contribution in [0.5, 0.6) is 5.75 Å². The third-order valence-electron chi connectivity index (χ3n) is 5.14. The molecule has 0 fully saturated rings. The number of anilines is 2. The molecule has 7 heteroatoms. The fourth-order valence-corrected chi connectivity index (χ4v) is 3.54. The average Bonchev–Trinajstić information content (AvgIpc) is 2.79. The van der Waals surface area contributed by atoms with E-state index in [1.807, 2.05) is 50.2 Å². The Balaban J connectivity index is 1.59. The Bertz CT molecular complexity index is 1100. The van der Waals surface area contributed by atoms with Gasteiger partial charge < -0.3 is 15.4 Å². The van der Waals surface area contributed by atoms with Crippen LogP contribution in [0, 0.1) is 0 Å². The number of amides is 2. The molecule has 172 valence electrons. The number of rotatable bonds is 9. The van der Waals surface area contributed by atoms with Crippen molar-refractivity contribution in [1.82, 2.24) is 4.90 Å². The summed E-state index contributed by atoms with van der Waals surface area (Å²) in [7, 11) is 1.55. The monoisotopic (exact) mass is 465 g/mol. The van der Waals surface area contributed by atoms with Crippen LogP contribution < -0.4 is 15.4 Å². The summed E-state index contributed by atoms with van der Waals surface area (Å²) >= 11 is 6.08. The van der Waals surface area contributed by atoms with E-state index in [0.717, 1.165) is 5.56 Å². The van der Waals surface area contributed by atoms with E-state index in [0.29, 0.717) is 34.3 Å². The van der Waals surface area contributed by atoms with Crippen LogP contribution in [-0.2, 0) is 11.3 Å². The van der Waals surface area contributed by atoms with Gasteiger partial charge in [0.1, 0.15) is 5.75 Å². The molecule has 2 N–H and O–H groups in total. The predicted molar refractivity (Wildman–Crippen MR) is 133 cm³/mol. The maximum atomic E-state index is 12.6. The number of hydrogen-bond donors (Lipinski definition) is 2.